The highest BCUT2D eigenvalue weighted by molar-refractivity contribution is 5.94. The monoisotopic (exact) mass is 470 g/mol. The molecule has 180 valence electrons. The Bertz CT molecular complexity index is 1340. The molecule has 0 unspecified atom stereocenters. The van der Waals surface area contributed by atoms with Crippen LogP contribution in [0.5, 0.6) is 0 Å². The number of H-pyrrole nitrogens is 1. The summed E-state index contributed by atoms with van der Waals surface area (Å²) in [7, 11) is 0. The van der Waals surface area contributed by atoms with Crippen molar-refractivity contribution in [2.45, 2.75) is 69.9 Å². The molecule has 4 aromatic rings. The molecule has 0 saturated heterocycles. The minimum atomic E-state index is -0.895. The van der Waals surface area contributed by atoms with Gasteiger partial charge in [0.2, 0.25) is 0 Å². The van der Waals surface area contributed by atoms with Crippen molar-refractivity contribution in [3.05, 3.63) is 71.3 Å². The Kier molecular flexibility index (Phi) is 5.51. The highest BCUT2D eigenvalue weighted by Gasteiger charge is 2.32. The van der Waals surface area contributed by atoms with Crippen molar-refractivity contribution in [2.75, 3.05) is 4.90 Å². The number of aryl methyl sites for hydroxylation is 1. The fraction of sp³-hybridized carbons (Fsp3) is 0.407. The second-order valence-electron chi connectivity index (χ2n) is 9.95. The SMILES string of the molecule is C[C@H]1CCc2c(ccc3c2nc(Cc2ccccc2)n3[C@H]2CC[C@H](c3cnn[nH]3)CC2)N1C(=O)O. The summed E-state index contributed by atoms with van der Waals surface area (Å²) in [6, 6.07) is 14.9. The maximum Gasteiger partial charge on any atom is 0.412 e. The number of aromatic nitrogens is 5. The van der Waals surface area contributed by atoms with E-state index in [1.807, 2.05) is 25.3 Å². The molecule has 0 radical (unpaired) electrons. The molecule has 0 bridgehead atoms. The largest absolute Gasteiger partial charge is 0.465 e. The first-order valence-corrected chi connectivity index (χ1v) is 12.5. The zero-order chi connectivity index (χ0) is 23.9. The van der Waals surface area contributed by atoms with Crippen LogP contribution in [0.4, 0.5) is 10.5 Å². The van der Waals surface area contributed by atoms with E-state index in [1.165, 1.54) is 10.5 Å². The summed E-state index contributed by atoms with van der Waals surface area (Å²) in [5.74, 6) is 1.53. The smallest absolute Gasteiger partial charge is 0.412 e. The number of nitrogens with zero attached hydrogens (tertiary/aromatic N) is 5. The maximum atomic E-state index is 12.0. The molecular weight excluding hydrogens is 440 g/mol. The number of benzene rings is 2. The van der Waals surface area contributed by atoms with Crippen molar-refractivity contribution in [1.82, 2.24) is 25.0 Å². The highest BCUT2D eigenvalue weighted by Crippen LogP contribution is 2.42. The number of aromatic amines is 1. The van der Waals surface area contributed by atoms with Gasteiger partial charge in [-0.1, -0.05) is 35.5 Å². The number of fused-ring (bicyclic) bond motifs is 3. The van der Waals surface area contributed by atoms with Crippen LogP contribution >= 0.6 is 0 Å². The Labute approximate surface area is 204 Å². The topological polar surface area (TPSA) is 99.9 Å². The van der Waals surface area contributed by atoms with Crippen LogP contribution < -0.4 is 4.90 Å². The molecule has 1 aliphatic heterocycles. The number of hydrogen-bond acceptors (Lipinski definition) is 4. The molecule has 1 saturated carbocycles. The van der Waals surface area contributed by atoms with Gasteiger partial charge >= 0.3 is 6.09 Å². The Hall–Kier alpha value is -3.68. The maximum absolute atomic E-state index is 12.0. The number of carboxylic acid groups (broad SMARTS) is 1. The van der Waals surface area contributed by atoms with E-state index >= 15 is 0 Å². The number of hydrogen-bond donors (Lipinski definition) is 2. The fourth-order valence-corrected chi connectivity index (χ4v) is 6.10. The summed E-state index contributed by atoms with van der Waals surface area (Å²) in [6.45, 7) is 1.98. The third kappa shape index (κ3) is 3.87. The van der Waals surface area contributed by atoms with Crippen LogP contribution in [0.25, 0.3) is 11.0 Å². The molecule has 8 heteroatoms. The van der Waals surface area contributed by atoms with Crippen LogP contribution in [0, 0.1) is 0 Å². The van der Waals surface area contributed by atoms with Crippen LogP contribution in [0.2, 0.25) is 0 Å². The average Bonchev–Trinajstić information content (AvgIpc) is 3.53. The Morgan fingerprint density at radius 1 is 1.09 bits per heavy atom. The van der Waals surface area contributed by atoms with Gasteiger partial charge in [-0.15, -0.1) is 5.10 Å². The first-order valence-electron chi connectivity index (χ1n) is 12.5. The van der Waals surface area contributed by atoms with E-state index in [0.717, 1.165) is 78.7 Å². The molecule has 35 heavy (non-hydrogen) atoms. The number of nitrogens with one attached hydrogen (secondary N) is 1. The van der Waals surface area contributed by atoms with Gasteiger partial charge in [0.1, 0.15) is 5.82 Å². The van der Waals surface area contributed by atoms with Crippen molar-refractivity contribution < 1.29 is 9.90 Å². The lowest BCUT2D eigenvalue weighted by Gasteiger charge is -2.33. The molecule has 1 atom stereocenters. The first kappa shape index (κ1) is 21.8. The molecule has 6 rings (SSSR count). The number of anilines is 1. The lowest BCUT2D eigenvalue weighted by molar-refractivity contribution is 0.198. The quantitative estimate of drug-likeness (QED) is 0.412. The van der Waals surface area contributed by atoms with Crippen LogP contribution in [0.15, 0.2) is 48.7 Å². The van der Waals surface area contributed by atoms with Crippen molar-refractivity contribution in [1.29, 1.82) is 0 Å². The molecule has 1 aliphatic carbocycles. The van der Waals surface area contributed by atoms with E-state index < -0.39 is 6.09 Å². The van der Waals surface area contributed by atoms with Crippen LogP contribution in [0.1, 0.15) is 73.6 Å². The van der Waals surface area contributed by atoms with Crippen LogP contribution in [0.3, 0.4) is 0 Å². The Morgan fingerprint density at radius 3 is 2.60 bits per heavy atom. The normalized spacial score (nSPS) is 22.3. The summed E-state index contributed by atoms with van der Waals surface area (Å²) in [4.78, 5) is 18.8. The zero-order valence-electron chi connectivity index (χ0n) is 19.9. The van der Waals surface area contributed by atoms with Crippen molar-refractivity contribution in [3.8, 4) is 0 Å². The first-order chi connectivity index (χ1) is 17.1. The molecular formula is C27H30N6O2. The van der Waals surface area contributed by atoms with Gasteiger partial charge in [-0.05, 0) is 63.1 Å². The standard InChI is InChI=1S/C27H30N6O2/c1-17-7-12-21-23(32(17)27(34)35)13-14-24-26(21)29-25(15-18-5-3-2-4-6-18)33(24)20-10-8-19(9-11-20)22-16-28-31-30-22/h2-6,13-14,16-17,19-20H,7-12,15H2,1H3,(H,34,35)(H,28,30,31)/t17-,19-,20-/m0/s1. The Balaban J connectivity index is 1.42. The summed E-state index contributed by atoms with van der Waals surface area (Å²) in [5, 5.41) is 20.8. The van der Waals surface area contributed by atoms with E-state index in [9.17, 15) is 9.90 Å². The predicted molar refractivity (Wildman–Crippen MR) is 134 cm³/mol. The second kappa shape index (κ2) is 8.83. The van der Waals surface area contributed by atoms with Crippen molar-refractivity contribution in [3.63, 3.8) is 0 Å². The molecule has 1 fully saturated rings. The Morgan fingerprint density at radius 2 is 1.89 bits per heavy atom. The fourth-order valence-electron chi connectivity index (χ4n) is 6.10. The zero-order valence-corrected chi connectivity index (χ0v) is 19.9. The molecule has 8 nitrogen and oxygen atoms in total. The molecule has 0 spiro atoms. The van der Waals surface area contributed by atoms with E-state index in [0.29, 0.717) is 12.0 Å². The number of rotatable bonds is 4. The number of carbonyl (C=O) groups is 1. The van der Waals surface area contributed by atoms with Gasteiger partial charge in [-0.2, -0.15) is 0 Å². The lowest BCUT2D eigenvalue weighted by Crippen LogP contribution is -2.41. The summed E-state index contributed by atoms with van der Waals surface area (Å²) >= 11 is 0. The van der Waals surface area contributed by atoms with E-state index in [1.54, 1.807) is 0 Å². The van der Waals surface area contributed by atoms with Crippen molar-refractivity contribution >= 4 is 22.8 Å². The molecule has 3 heterocycles. The third-order valence-electron chi connectivity index (χ3n) is 7.87. The molecule has 2 aromatic heterocycles. The lowest BCUT2D eigenvalue weighted by atomic mass is 9.84. The molecule has 1 amide bonds. The molecule has 2 aromatic carbocycles. The predicted octanol–water partition coefficient (Wildman–Crippen LogP) is 5.46. The van der Waals surface area contributed by atoms with Gasteiger partial charge in [-0.25, -0.2) is 9.78 Å². The van der Waals surface area contributed by atoms with Gasteiger partial charge in [0.05, 0.1) is 28.6 Å². The van der Waals surface area contributed by atoms with Gasteiger partial charge < -0.3 is 9.67 Å². The van der Waals surface area contributed by atoms with E-state index in [2.05, 4.69) is 50.3 Å². The van der Waals surface area contributed by atoms with Crippen molar-refractivity contribution in [2.24, 2.45) is 0 Å². The summed E-state index contributed by atoms with van der Waals surface area (Å²) < 4.78 is 2.45. The average molecular weight is 471 g/mol. The number of imidazole rings is 1. The highest BCUT2D eigenvalue weighted by atomic mass is 16.4. The van der Waals surface area contributed by atoms with E-state index in [-0.39, 0.29) is 6.04 Å². The third-order valence-corrected chi connectivity index (χ3v) is 7.87. The minimum absolute atomic E-state index is 0.0319. The second-order valence-corrected chi connectivity index (χ2v) is 9.95. The number of amides is 1. The molecule has 2 aliphatic rings. The molecule has 2 N–H and O–H groups in total. The van der Waals surface area contributed by atoms with Gasteiger partial charge in [0.25, 0.3) is 0 Å². The van der Waals surface area contributed by atoms with E-state index in [4.69, 9.17) is 4.98 Å². The van der Waals surface area contributed by atoms with Crippen LogP contribution in [-0.2, 0) is 12.8 Å². The van der Waals surface area contributed by atoms with Gasteiger partial charge in [0.15, 0.2) is 0 Å². The van der Waals surface area contributed by atoms with Gasteiger partial charge in [-0.3, -0.25) is 10.00 Å². The van der Waals surface area contributed by atoms with Crippen LogP contribution in [-0.4, -0.2) is 42.2 Å². The van der Waals surface area contributed by atoms with Gasteiger partial charge in [0, 0.05) is 30.0 Å². The summed E-state index contributed by atoms with van der Waals surface area (Å²) in [5.41, 5.74) is 6.30. The summed E-state index contributed by atoms with van der Waals surface area (Å²) in [6.07, 6.45) is 7.64. The minimum Gasteiger partial charge on any atom is -0.465 e.